The summed E-state index contributed by atoms with van der Waals surface area (Å²) in [6.07, 6.45) is 7.76. The van der Waals surface area contributed by atoms with Crippen LogP contribution in [-0.4, -0.2) is 52.8 Å². The molecule has 1 aliphatic carbocycles. The normalized spacial score (nSPS) is 19.7. The lowest BCUT2D eigenvalue weighted by Gasteiger charge is -2.37. The Kier molecular flexibility index (Phi) is 5.26. The van der Waals surface area contributed by atoms with Crippen molar-refractivity contribution >= 4 is 11.8 Å². The van der Waals surface area contributed by atoms with Crippen LogP contribution in [0.25, 0.3) is 0 Å². The van der Waals surface area contributed by atoms with E-state index in [1.54, 1.807) is 6.20 Å². The number of carbonyl (C=O) groups is 2. The molecule has 0 bridgehead atoms. The number of hydrogen-bond donors (Lipinski definition) is 0. The molecule has 1 saturated heterocycles. The van der Waals surface area contributed by atoms with E-state index in [-0.39, 0.29) is 11.8 Å². The first kappa shape index (κ1) is 16.0. The summed E-state index contributed by atoms with van der Waals surface area (Å²) >= 11 is 0. The van der Waals surface area contributed by atoms with Crippen LogP contribution in [-0.2, 0) is 16.0 Å². The third kappa shape index (κ3) is 4.09. The van der Waals surface area contributed by atoms with E-state index < -0.39 is 0 Å². The molecule has 0 atom stereocenters. The second kappa shape index (κ2) is 7.57. The Morgan fingerprint density at radius 2 is 1.70 bits per heavy atom. The minimum Gasteiger partial charge on any atom is -0.339 e. The van der Waals surface area contributed by atoms with Crippen molar-refractivity contribution in [2.75, 3.05) is 26.2 Å². The van der Waals surface area contributed by atoms with Gasteiger partial charge in [-0.25, -0.2) is 0 Å². The van der Waals surface area contributed by atoms with Gasteiger partial charge in [0.2, 0.25) is 11.8 Å². The standard InChI is InChI=1S/C18H25N3O2/c22-17(14-16-8-4-5-9-19-16)20-10-12-21(13-11-20)18(23)15-6-2-1-3-7-15/h4-5,8-9,15H,1-3,6-7,10-14H2. The van der Waals surface area contributed by atoms with Crippen LogP contribution in [0, 0.1) is 5.92 Å². The highest BCUT2D eigenvalue weighted by Gasteiger charge is 2.29. The number of aromatic nitrogens is 1. The fourth-order valence-corrected chi connectivity index (χ4v) is 3.55. The summed E-state index contributed by atoms with van der Waals surface area (Å²) in [5, 5.41) is 0. The quantitative estimate of drug-likeness (QED) is 0.856. The molecule has 1 aromatic heterocycles. The highest BCUT2D eigenvalue weighted by molar-refractivity contribution is 5.80. The van der Waals surface area contributed by atoms with Gasteiger partial charge in [0.05, 0.1) is 6.42 Å². The van der Waals surface area contributed by atoms with E-state index in [1.807, 2.05) is 28.0 Å². The maximum absolute atomic E-state index is 12.5. The first-order valence-corrected chi connectivity index (χ1v) is 8.70. The van der Waals surface area contributed by atoms with Crippen LogP contribution >= 0.6 is 0 Å². The Morgan fingerprint density at radius 3 is 2.35 bits per heavy atom. The lowest BCUT2D eigenvalue weighted by molar-refractivity contribution is -0.142. The van der Waals surface area contributed by atoms with Crippen molar-refractivity contribution in [1.82, 2.24) is 14.8 Å². The zero-order chi connectivity index (χ0) is 16.1. The molecule has 2 fully saturated rings. The molecule has 2 amide bonds. The Morgan fingerprint density at radius 1 is 1.00 bits per heavy atom. The molecule has 0 spiro atoms. The number of piperazine rings is 1. The monoisotopic (exact) mass is 315 g/mol. The van der Waals surface area contributed by atoms with Gasteiger partial charge in [-0.1, -0.05) is 25.3 Å². The van der Waals surface area contributed by atoms with Crippen molar-refractivity contribution in [2.45, 2.75) is 38.5 Å². The number of amides is 2. The largest absolute Gasteiger partial charge is 0.339 e. The molecule has 5 nitrogen and oxygen atoms in total. The molecule has 0 aromatic carbocycles. The molecule has 0 radical (unpaired) electrons. The number of hydrogen-bond acceptors (Lipinski definition) is 3. The third-order valence-corrected chi connectivity index (χ3v) is 4.96. The van der Waals surface area contributed by atoms with Gasteiger partial charge in [0.15, 0.2) is 0 Å². The summed E-state index contributed by atoms with van der Waals surface area (Å²) in [4.78, 5) is 32.9. The zero-order valence-electron chi connectivity index (χ0n) is 13.6. The van der Waals surface area contributed by atoms with Gasteiger partial charge in [-0.15, -0.1) is 0 Å². The topological polar surface area (TPSA) is 53.5 Å². The number of rotatable bonds is 3. The molecule has 3 rings (SSSR count). The van der Waals surface area contributed by atoms with Crippen LogP contribution in [0.3, 0.4) is 0 Å². The first-order valence-electron chi connectivity index (χ1n) is 8.70. The summed E-state index contributed by atoms with van der Waals surface area (Å²) in [6, 6.07) is 5.63. The lowest BCUT2D eigenvalue weighted by Crippen LogP contribution is -2.52. The van der Waals surface area contributed by atoms with Gasteiger partial charge >= 0.3 is 0 Å². The maximum atomic E-state index is 12.5. The predicted octanol–water partition coefficient (Wildman–Crippen LogP) is 1.88. The Labute approximate surface area is 137 Å². The third-order valence-electron chi connectivity index (χ3n) is 4.96. The van der Waals surface area contributed by atoms with E-state index in [4.69, 9.17) is 0 Å². The molecule has 0 unspecified atom stereocenters. The molecule has 5 heteroatoms. The van der Waals surface area contributed by atoms with Crippen LogP contribution in [0.4, 0.5) is 0 Å². The van der Waals surface area contributed by atoms with E-state index in [0.29, 0.717) is 38.5 Å². The minimum atomic E-state index is 0.105. The van der Waals surface area contributed by atoms with E-state index in [1.165, 1.54) is 19.3 Å². The molecular weight excluding hydrogens is 290 g/mol. The van der Waals surface area contributed by atoms with Gasteiger partial charge in [-0.2, -0.15) is 0 Å². The fourth-order valence-electron chi connectivity index (χ4n) is 3.55. The predicted molar refractivity (Wildman–Crippen MR) is 87.7 cm³/mol. The smallest absolute Gasteiger partial charge is 0.228 e. The highest BCUT2D eigenvalue weighted by atomic mass is 16.2. The summed E-state index contributed by atoms with van der Waals surface area (Å²) in [5.74, 6) is 0.634. The van der Waals surface area contributed by atoms with Crippen molar-refractivity contribution in [1.29, 1.82) is 0 Å². The van der Waals surface area contributed by atoms with Crippen LogP contribution < -0.4 is 0 Å². The van der Waals surface area contributed by atoms with Gasteiger partial charge < -0.3 is 9.80 Å². The average molecular weight is 315 g/mol. The molecule has 1 saturated carbocycles. The van der Waals surface area contributed by atoms with Gasteiger partial charge in [0.25, 0.3) is 0 Å². The van der Waals surface area contributed by atoms with Crippen molar-refractivity contribution in [3.05, 3.63) is 30.1 Å². The Balaban J connectivity index is 1.48. The van der Waals surface area contributed by atoms with E-state index in [2.05, 4.69) is 4.98 Å². The van der Waals surface area contributed by atoms with Gasteiger partial charge in [-0.05, 0) is 25.0 Å². The van der Waals surface area contributed by atoms with Crippen LogP contribution in [0.2, 0.25) is 0 Å². The highest BCUT2D eigenvalue weighted by Crippen LogP contribution is 2.25. The van der Waals surface area contributed by atoms with E-state index in [0.717, 1.165) is 18.5 Å². The maximum Gasteiger partial charge on any atom is 0.228 e. The molecule has 1 aromatic rings. The SMILES string of the molecule is O=C(Cc1ccccn1)N1CCN(C(=O)C2CCCCC2)CC1. The zero-order valence-corrected chi connectivity index (χ0v) is 13.6. The van der Waals surface area contributed by atoms with Crippen molar-refractivity contribution in [2.24, 2.45) is 5.92 Å². The first-order chi connectivity index (χ1) is 11.2. The van der Waals surface area contributed by atoms with Crippen LogP contribution in [0.1, 0.15) is 37.8 Å². The van der Waals surface area contributed by atoms with Gasteiger partial charge in [0.1, 0.15) is 0 Å². The lowest BCUT2D eigenvalue weighted by atomic mass is 9.88. The summed E-state index contributed by atoms with van der Waals surface area (Å²) in [5.41, 5.74) is 0.804. The number of carbonyl (C=O) groups excluding carboxylic acids is 2. The van der Waals surface area contributed by atoms with Crippen LogP contribution in [0.15, 0.2) is 24.4 Å². The summed E-state index contributed by atoms with van der Waals surface area (Å²) in [6.45, 7) is 2.63. The van der Waals surface area contributed by atoms with Crippen molar-refractivity contribution in [3.8, 4) is 0 Å². The number of pyridine rings is 1. The Hall–Kier alpha value is -1.91. The average Bonchev–Trinajstić information content (AvgIpc) is 2.63. The molecule has 2 heterocycles. The second-order valence-corrected chi connectivity index (χ2v) is 6.54. The molecule has 2 aliphatic rings. The van der Waals surface area contributed by atoms with E-state index >= 15 is 0 Å². The summed E-state index contributed by atoms with van der Waals surface area (Å²) in [7, 11) is 0. The molecule has 124 valence electrons. The Bertz CT molecular complexity index is 532. The minimum absolute atomic E-state index is 0.105. The molecule has 0 N–H and O–H groups in total. The van der Waals surface area contributed by atoms with Gasteiger partial charge in [-0.3, -0.25) is 14.6 Å². The van der Waals surface area contributed by atoms with E-state index in [9.17, 15) is 9.59 Å². The summed E-state index contributed by atoms with van der Waals surface area (Å²) < 4.78 is 0. The number of nitrogens with zero attached hydrogens (tertiary/aromatic N) is 3. The van der Waals surface area contributed by atoms with Gasteiger partial charge in [0, 0.05) is 44.0 Å². The molecule has 1 aliphatic heterocycles. The molecular formula is C18H25N3O2. The fraction of sp³-hybridized carbons (Fsp3) is 0.611. The van der Waals surface area contributed by atoms with Crippen molar-refractivity contribution in [3.63, 3.8) is 0 Å². The van der Waals surface area contributed by atoms with Crippen LogP contribution in [0.5, 0.6) is 0 Å². The second-order valence-electron chi connectivity index (χ2n) is 6.54. The van der Waals surface area contributed by atoms with Crippen molar-refractivity contribution < 1.29 is 9.59 Å². The molecule has 23 heavy (non-hydrogen) atoms.